The van der Waals surface area contributed by atoms with Crippen molar-refractivity contribution in [1.82, 2.24) is 0 Å². The minimum Gasteiger partial charge on any atom is -0.465 e. The van der Waals surface area contributed by atoms with Gasteiger partial charge in [-0.3, -0.25) is 4.79 Å². The fourth-order valence-corrected chi connectivity index (χ4v) is 1.16. The highest BCUT2D eigenvalue weighted by Gasteiger charge is 2.37. The van der Waals surface area contributed by atoms with Crippen LogP contribution in [0, 0.1) is 5.41 Å². The second-order valence-corrected chi connectivity index (χ2v) is 3.81. The molecule has 0 heterocycles. The first-order valence-electron chi connectivity index (χ1n) is 5.74. The molecule has 0 aliphatic heterocycles. The van der Waals surface area contributed by atoms with Gasteiger partial charge in [0.25, 0.3) is 0 Å². The van der Waals surface area contributed by atoms with Gasteiger partial charge in [0, 0.05) is 12.5 Å². The number of carbonyl (C=O) groups excluding carboxylic acids is 2. The molecule has 18 heavy (non-hydrogen) atoms. The van der Waals surface area contributed by atoms with E-state index >= 15 is 0 Å². The molecule has 2 N–H and O–H groups in total. The van der Waals surface area contributed by atoms with Gasteiger partial charge < -0.3 is 19.7 Å². The minimum atomic E-state index is -1.25. The third kappa shape index (κ3) is 4.85. The topological polar surface area (TPSA) is 93.1 Å². The predicted molar refractivity (Wildman–Crippen MR) is 63.6 cm³/mol. The maximum atomic E-state index is 11.6. The molecule has 0 bridgehead atoms. The number of aliphatic hydroxyl groups is 2. The molecule has 0 spiro atoms. The van der Waals surface area contributed by atoms with Crippen molar-refractivity contribution in [2.75, 3.05) is 26.4 Å². The molecule has 0 aliphatic carbocycles. The van der Waals surface area contributed by atoms with Crippen molar-refractivity contribution in [2.45, 2.75) is 19.8 Å². The lowest BCUT2D eigenvalue weighted by molar-refractivity contribution is -0.162. The van der Waals surface area contributed by atoms with Crippen LogP contribution in [-0.2, 0) is 19.1 Å². The van der Waals surface area contributed by atoms with E-state index in [0.717, 1.165) is 6.08 Å². The highest BCUT2D eigenvalue weighted by atomic mass is 16.5. The highest BCUT2D eigenvalue weighted by Crippen LogP contribution is 2.22. The molecule has 6 heteroatoms. The molecule has 0 radical (unpaired) electrons. The number of hydrogen-bond donors (Lipinski definition) is 2. The summed E-state index contributed by atoms with van der Waals surface area (Å²) in [4.78, 5) is 22.3. The number of aliphatic hydroxyl groups excluding tert-OH is 2. The molecule has 6 nitrogen and oxygen atoms in total. The van der Waals surface area contributed by atoms with Crippen molar-refractivity contribution in [3.63, 3.8) is 0 Å². The maximum absolute atomic E-state index is 11.6. The number of esters is 2. The Labute approximate surface area is 106 Å². The largest absolute Gasteiger partial charge is 0.465 e. The Morgan fingerprint density at radius 2 is 1.78 bits per heavy atom. The zero-order valence-electron chi connectivity index (χ0n) is 10.6. The molecule has 0 aromatic carbocycles. The van der Waals surface area contributed by atoms with Crippen LogP contribution in [0.25, 0.3) is 0 Å². The summed E-state index contributed by atoms with van der Waals surface area (Å²) in [7, 11) is 0. The van der Waals surface area contributed by atoms with Crippen LogP contribution in [0.5, 0.6) is 0 Å². The van der Waals surface area contributed by atoms with Gasteiger partial charge in [-0.1, -0.05) is 13.5 Å². The van der Waals surface area contributed by atoms with E-state index in [1.165, 1.54) is 0 Å². The molecule has 0 unspecified atom stereocenters. The van der Waals surface area contributed by atoms with Crippen LogP contribution < -0.4 is 0 Å². The van der Waals surface area contributed by atoms with E-state index in [2.05, 4.69) is 6.58 Å². The van der Waals surface area contributed by atoms with Crippen molar-refractivity contribution < 1.29 is 29.3 Å². The van der Waals surface area contributed by atoms with Gasteiger partial charge in [0.05, 0.1) is 26.4 Å². The third-order valence-corrected chi connectivity index (χ3v) is 2.65. The van der Waals surface area contributed by atoms with Crippen LogP contribution in [-0.4, -0.2) is 48.6 Å². The summed E-state index contributed by atoms with van der Waals surface area (Å²) in [5.41, 5.74) is -1.25. The molecular weight excluding hydrogens is 240 g/mol. The van der Waals surface area contributed by atoms with Gasteiger partial charge in [-0.15, -0.1) is 0 Å². The monoisotopic (exact) mass is 260 g/mol. The van der Waals surface area contributed by atoms with Gasteiger partial charge in [0.1, 0.15) is 5.41 Å². The Balaban J connectivity index is 3.95. The van der Waals surface area contributed by atoms with E-state index in [1.54, 1.807) is 6.92 Å². The first kappa shape index (κ1) is 16.6. The average Bonchev–Trinajstić information content (AvgIpc) is 2.40. The Morgan fingerprint density at radius 1 is 1.22 bits per heavy atom. The maximum Gasteiger partial charge on any atom is 0.330 e. The second kappa shape index (κ2) is 8.66. The van der Waals surface area contributed by atoms with Gasteiger partial charge in [-0.2, -0.15) is 0 Å². The van der Waals surface area contributed by atoms with Gasteiger partial charge in [0.15, 0.2) is 0 Å². The lowest BCUT2D eigenvalue weighted by Crippen LogP contribution is -2.39. The van der Waals surface area contributed by atoms with Crippen molar-refractivity contribution >= 4 is 11.9 Å². The SMILES string of the molecule is C=CC(=O)OCCCOC(=O)C(CC)(CO)CO. The number of rotatable bonds is 9. The minimum absolute atomic E-state index is 0.0605. The van der Waals surface area contributed by atoms with Gasteiger partial charge in [0.2, 0.25) is 0 Å². The number of ether oxygens (including phenoxy) is 2. The third-order valence-electron chi connectivity index (χ3n) is 2.65. The van der Waals surface area contributed by atoms with Crippen LogP contribution >= 0.6 is 0 Å². The van der Waals surface area contributed by atoms with E-state index in [4.69, 9.17) is 19.7 Å². The van der Waals surface area contributed by atoms with Crippen molar-refractivity contribution in [1.29, 1.82) is 0 Å². The Bertz CT molecular complexity index is 274. The van der Waals surface area contributed by atoms with E-state index in [0.29, 0.717) is 6.42 Å². The quantitative estimate of drug-likeness (QED) is 0.345. The van der Waals surface area contributed by atoms with E-state index in [1.807, 2.05) is 0 Å². The van der Waals surface area contributed by atoms with Crippen LogP contribution in [0.4, 0.5) is 0 Å². The van der Waals surface area contributed by atoms with Crippen LogP contribution in [0.15, 0.2) is 12.7 Å². The molecule has 104 valence electrons. The second-order valence-electron chi connectivity index (χ2n) is 3.81. The highest BCUT2D eigenvalue weighted by molar-refractivity contribution is 5.81. The van der Waals surface area contributed by atoms with Crippen molar-refractivity contribution in [3.8, 4) is 0 Å². The summed E-state index contributed by atoms with van der Waals surface area (Å²) in [6.07, 6.45) is 1.68. The molecule has 0 saturated carbocycles. The van der Waals surface area contributed by atoms with Crippen LogP contribution in [0.2, 0.25) is 0 Å². The van der Waals surface area contributed by atoms with Crippen LogP contribution in [0.1, 0.15) is 19.8 Å². The van der Waals surface area contributed by atoms with Gasteiger partial charge in [-0.25, -0.2) is 4.79 Å². The molecule has 0 fully saturated rings. The first-order valence-corrected chi connectivity index (χ1v) is 5.74. The summed E-state index contributed by atoms with van der Waals surface area (Å²) >= 11 is 0. The molecule has 0 aliphatic rings. The molecule has 0 rings (SSSR count). The summed E-state index contributed by atoms with van der Waals surface area (Å²) in [6, 6.07) is 0. The van der Waals surface area contributed by atoms with E-state index in [-0.39, 0.29) is 19.6 Å². The zero-order chi connectivity index (χ0) is 14.0. The number of hydrogen-bond acceptors (Lipinski definition) is 6. The van der Waals surface area contributed by atoms with E-state index in [9.17, 15) is 9.59 Å². The molecule has 0 aromatic heterocycles. The van der Waals surface area contributed by atoms with Crippen molar-refractivity contribution in [2.24, 2.45) is 5.41 Å². The van der Waals surface area contributed by atoms with E-state index < -0.39 is 30.6 Å². The average molecular weight is 260 g/mol. The summed E-state index contributed by atoms with van der Waals surface area (Å²) < 4.78 is 9.61. The standard InChI is InChI=1S/C12H20O6/c1-3-10(15)17-6-5-7-18-11(16)12(4-2,8-13)9-14/h3,13-14H,1,4-9H2,2H3. The Kier molecular flexibility index (Phi) is 7.98. The molecule has 0 saturated heterocycles. The molecular formula is C12H20O6. The Morgan fingerprint density at radius 3 is 2.22 bits per heavy atom. The van der Waals surface area contributed by atoms with Crippen molar-refractivity contribution in [3.05, 3.63) is 12.7 Å². The Hall–Kier alpha value is -1.40. The molecule has 0 aromatic rings. The fourth-order valence-electron chi connectivity index (χ4n) is 1.16. The summed E-state index contributed by atoms with van der Waals surface area (Å²) in [5.74, 6) is -1.18. The normalized spacial score (nSPS) is 10.8. The lowest BCUT2D eigenvalue weighted by Gasteiger charge is -2.25. The fraction of sp³-hybridized carbons (Fsp3) is 0.667. The molecule has 0 atom stereocenters. The molecule has 0 amide bonds. The number of carbonyl (C=O) groups is 2. The zero-order valence-corrected chi connectivity index (χ0v) is 10.6. The van der Waals surface area contributed by atoms with Crippen LogP contribution in [0.3, 0.4) is 0 Å². The summed E-state index contributed by atoms with van der Waals surface area (Å²) in [5, 5.41) is 18.2. The van der Waals surface area contributed by atoms with Gasteiger partial charge in [-0.05, 0) is 6.42 Å². The summed E-state index contributed by atoms with van der Waals surface area (Å²) in [6.45, 7) is 4.16. The predicted octanol–water partition coefficient (Wildman–Crippen LogP) is 0.0299. The van der Waals surface area contributed by atoms with Gasteiger partial charge >= 0.3 is 11.9 Å². The first-order chi connectivity index (χ1) is 8.56. The lowest BCUT2D eigenvalue weighted by atomic mass is 9.87. The smallest absolute Gasteiger partial charge is 0.330 e.